The third kappa shape index (κ3) is 2.16. The minimum atomic E-state index is 0.888. The van der Waals surface area contributed by atoms with Gasteiger partial charge in [-0.05, 0) is 36.8 Å². The van der Waals surface area contributed by atoms with Crippen molar-refractivity contribution in [2.24, 2.45) is 0 Å². The summed E-state index contributed by atoms with van der Waals surface area (Å²) in [6, 6.07) is 0. The van der Waals surface area contributed by atoms with E-state index in [0.717, 1.165) is 29.7 Å². The molecular formula is C9H13N3S2. The number of aromatic nitrogens is 2. The van der Waals surface area contributed by atoms with Crippen molar-refractivity contribution in [3.05, 3.63) is 11.1 Å². The van der Waals surface area contributed by atoms with E-state index in [-0.39, 0.29) is 0 Å². The number of rotatable bonds is 2. The maximum atomic E-state index is 4.46. The molecule has 5 heteroatoms. The molecule has 1 aromatic rings. The highest BCUT2D eigenvalue weighted by Crippen LogP contribution is 2.23. The molecule has 1 aromatic heterocycles. The highest BCUT2D eigenvalue weighted by atomic mass is 32.2. The van der Waals surface area contributed by atoms with Gasteiger partial charge in [0, 0.05) is 13.1 Å². The minimum Gasteiger partial charge on any atom is -0.302 e. The van der Waals surface area contributed by atoms with Crippen LogP contribution < -0.4 is 0 Å². The van der Waals surface area contributed by atoms with Crippen LogP contribution in [0.25, 0.3) is 5.57 Å². The summed E-state index contributed by atoms with van der Waals surface area (Å²) in [4.78, 5) is 6.78. The minimum absolute atomic E-state index is 0.888. The second-order valence-electron chi connectivity index (χ2n) is 3.34. The molecule has 0 amide bonds. The molecule has 0 unspecified atom stereocenters. The van der Waals surface area contributed by atoms with Gasteiger partial charge in [0.15, 0.2) is 5.16 Å². The standard InChI is InChI=1S/C9H13N3S2/c1-12-5-3-4-7(6-12)8-10-9(13-2)11-14-8/h4H,3,5-6H2,1-2H3. The van der Waals surface area contributed by atoms with E-state index in [4.69, 9.17) is 0 Å². The highest BCUT2D eigenvalue weighted by Gasteiger charge is 2.13. The van der Waals surface area contributed by atoms with E-state index in [9.17, 15) is 0 Å². The molecule has 0 N–H and O–H groups in total. The van der Waals surface area contributed by atoms with Crippen LogP contribution in [0.15, 0.2) is 11.2 Å². The van der Waals surface area contributed by atoms with E-state index >= 15 is 0 Å². The monoisotopic (exact) mass is 227 g/mol. The van der Waals surface area contributed by atoms with Gasteiger partial charge in [0.1, 0.15) is 5.01 Å². The van der Waals surface area contributed by atoms with Crippen LogP contribution in [0.2, 0.25) is 0 Å². The number of thioether (sulfide) groups is 1. The molecule has 2 rings (SSSR count). The van der Waals surface area contributed by atoms with Crippen LogP contribution in [0.3, 0.4) is 0 Å². The molecule has 14 heavy (non-hydrogen) atoms. The fraction of sp³-hybridized carbons (Fsp3) is 0.556. The predicted molar refractivity (Wildman–Crippen MR) is 61.8 cm³/mol. The molecule has 0 bridgehead atoms. The van der Waals surface area contributed by atoms with Crippen molar-refractivity contribution in [2.45, 2.75) is 11.6 Å². The van der Waals surface area contributed by atoms with Crippen molar-refractivity contribution in [2.75, 3.05) is 26.4 Å². The Kier molecular flexibility index (Phi) is 3.20. The Balaban J connectivity index is 2.18. The maximum absolute atomic E-state index is 4.46. The molecule has 76 valence electrons. The van der Waals surface area contributed by atoms with E-state index in [2.05, 4.69) is 27.4 Å². The van der Waals surface area contributed by atoms with Gasteiger partial charge in [-0.2, -0.15) is 4.37 Å². The predicted octanol–water partition coefficient (Wildman–Crippen LogP) is 1.98. The molecule has 0 fully saturated rings. The van der Waals surface area contributed by atoms with Crippen LogP contribution in [0.1, 0.15) is 11.4 Å². The zero-order valence-electron chi connectivity index (χ0n) is 8.36. The summed E-state index contributed by atoms with van der Waals surface area (Å²) in [6.45, 7) is 2.15. The lowest BCUT2D eigenvalue weighted by molar-refractivity contribution is 0.372. The number of nitrogens with zero attached hydrogens (tertiary/aromatic N) is 3. The first-order valence-corrected chi connectivity index (χ1v) is 6.55. The second kappa shape index (κ2) is 4.42. The largest absolute Gasteiger partial charge is 0.302 e. The molecular weight excluding hydrogens is 214 g/mol. The van der Waals surface area contributed by atoms with Crippen LogP contribution in [-0.2, 0) is 0 Å². The third-order valence-corrected chi connectivity index (χ3v) is 3.66. The van der Waals surface area contributed by atoms with Gasteiger partial charge in [-0.1, -0.05) is 17.8 Å². The lowest BCUT2D eigenvalue weighted by Crippen LogP contribution is -2.24. The number of hydrogen-bond donors (Lipinski definition) is 0. The van der Waals surface area contributed by atoms with Crippen LogP contribution in [0.5, 0.6) is 0 Å². The van der Waals surface area contributed by atoms with E-state index in [1.165, 1.54) is 17.1 Å². The van der Waals surface area contributed by atoms with E-state index in [1.807, 2.05) is 6.26 Å². The fourth-order valence-corrected chi connectivity index (χ4v) is 2.72. The molecule has 0 atom stereocenters. The first-order chi connectivity index (χ1) is 6.79. The second-order valence-corrected chi connectivity index (χ2v) is 4.87. The SMILES string of the molecule is CSc1nsc(C2=CCCN(C)C2)n1. The summed E-state index contributed by atoms with van der Waals surface area (Å²) >= 11 is 3.11. The third-order valence-electron chi connectivity index (χ3n) is 2.21. The normalized spacial score (nSPS) is 18.3. The van der Waals surface area contributed by atoms with Crippen molar-refractivity contribution >= 4 is 28.9 Å². The quantitative estimate of drug-likeness (QED) is 0.722. The Morgan fingerprint density at radius 3 is 3.07 bits per heavy atom. The van der Waals surface area contributed by atoms with Crippen molar-refractivity contribution in [1.29, 1.82) is 0 Å². The van der Waals surface area contributed by atoms with Crippen molar-refractivity contribution in [3.8, 4) is 0 Å². The first kappa shape index (κ1) is 10.1. The van der Waals surface area contributed by atoms with Gasteiger partial charge in [-0.3, -0.25) is 0 Å². The highest BCUT2D eigenvalue weighted by molar-refractivity contribution is 7.98. The first-order valence-electron chi connectivity index (χ1n) is 4.55. The van der Waals surface area contributed by atoms with Gasteiger partial charge < -0.3 is 4.90 Å². The summed E-state index contributed by atoms with van der Waals surface area (Å²) in [5, 5.41) is 1.97. The van der Waals surface area contributed by atoms with Gasteiger partial charge >= 0.3 is 0 Å². The van der Waals surface area contributed by atoms with Crippen LogP contribution in [0, 0.1) is 0 Å². The molecule has 0 spiro atoms. The lowest BCUT2D eigenvalue weighted by Gasteiger charge is -2.21. The van der Waals surface area contributed by atoms with E-state index in [0.29, 0.717) is 0 Å². The van der Waals surface area contributed by atoms with Gasteiger partial charge in [0.05, 0.1) is 0 Å². The smallest absolute Gasteiger partial charge is 0.200 e. The summed E-state index contributed by atoms with van der Waals surface area (Å²) in [7, 11) is 2.14. The molecule has 0 saturated carbocycles. The van der Waals surface area contributed by atoms with Gasteiger partial charge in [0.2, 0.25) is 0 Å². The molecule has 3 nitrogen and oxygen atoms in total. The molecule has 0 radical (unpaired) electrons. The van der Waals surface area contributed by atoms with Crippen LogP contribution in [-0.4, -0.2) is 40.7 Å². The molecule has 0 aliphatic carbocycles. The Labute approximate surface area is 92.4 Å². The molecule has 1 aliphatic rings. The Morgan fingerprint density at radius 2 is 2.43 bits per heavy atom. The van der Waals surface area contributed by atoms with Crippen LogP contribution >= 0.6 is 23.3 Å². The average Bonchev–Trinajstić information content (AvgIpc) is 2.66. The topological polar surface area (TPSA) is 29.0 Å². The van der Waals surface area contributed by atoms with Crippen LogP contribution in [0.4, 0.5) is 0 Å². The Bertz CT molecular complexity index is 346. The molecule has 0 saturated heterocycles. The summed E-state index contributed by atoms with van der Waals surface area (Å²) in [5.41, 5.74) is 1.33. The summed E-state index contributed by atoms with van der Waals surface area (Å²) < 4.78 is 4.27. The van der Waals surface area contributed by atoms with Gasteiger partial charge in [-0.25, -0.2) is 4.98 Å². The fourth-order valence-electron chi connectivity index (χ4n) is 1.47. The van der Waals surface area contributed by atoms with Crippen molar-refractivity contribution in [1.82, 2.24) is 14.3 Å². The van der Waals surface area contributed by atoms with Crippen molar-refractivity contribution < 1.29 is 0 Å². The summed E-state index contributed by atoms with van der Waals surface area (Å²) in [6.07, 6.45) is 5.41. The van der Waals surface area contributed by atoms with E-state index < -0.39 is 0 Å². The molecule has 1 aliphatic heterocycles. The Hall–Kier alpha value is -0.390. The number of likely N-dealkylation sites (N-methyl/N-ethyl adjacent to an activating group) is 1. The summed E-state index contributed by atoms with van der Waals surface area (Å²) in [5.74, 6) is 0. The van der Waals surface area contributed by atoms with Gasteiger partial charge in [0.25, 0.3) is 0 Å². The average molecular weight is 227 g/mol. The maximum Gasteiger partial charge on any atom is 0.200 e. The lowest BCUT2D eigenvalue weighted by atomic mass is 10.1. The zero-order chi connectivity index (χ0) is 9.97. The number of hydrogen-bond acceptors (Lipinski definition) is 5. The van der Waals surface area contributed by atoms with Gasteiger partial charge in [-0.15, -0.1) is 0 Å². The molecule has 2 heterocycles. The van der Waals surface area contributed by atoms with Crippen molar-refractivity contribution in [3.63, 3.8) is 0 Å². The zero-order valence-corrected chi connectivity index (χ0v) is 9.99. The molecule has 0 aromatic carbocycles. The van der Waals surface area contributed by atoms with E-state index in [1.54, 1.807) is 11.8 Å². The Morgan fingerprint density at radius 1 is 1.57 bits per heavy atom.